The molecule has 0 aliphatic heterocycles. The Kier molecular flexibility index (Phi) is 3.91. The number of aromatic nitrogens is 1. The standard InChI is InChI=1S/C18H17ClFN3O3/c19-12-4-3-11(6-13(12)20)26-7-15(24)22-17-8-18(9-17,10-17)23-16(25)14-2-1-5-21-14/h1-6,21H,7-10H2,(H,22,24)(H,23,25). The fourth-order valence-corrected chi connectivity index (χ4v) is 4.00. The molecule has 0 saturated heterocycles. The van der Waals surface area contributed by atoms with Crippen molar-refractivity contribution in [3.8, 4) is 5.75 Å². The molecule has 3 N–H and O–H groups in total. The van der Waals surface area contributed by atoms with Crippen LogP contribution in [0.1, 0.15) is 29.8 Å². The van der Waals surface area contributed by atoms with Crippen LogP contribution in [0.3, 0.4) is 0 Å². The monoisotopic (exact) mass is 377 g/mol. The molecule has 3 fully saturated rings. The van der Waals surface area contributed by atoms with Gasteiger partial charge in [-0.15, -0.1) is 0 Å². The number of halogens is 2. The first-order valence-corrected chi connectivity index (χ1v) is 8.61. The molecule has 2 aromatic rings. The summed E-state index contributed by atoms with van der Waals surface area (Å²) in [6, 6.07) is 7.51. The third-order valence-corrected chi connectivity index (χ3v) is 5.22. The SMILES string of the molecule is O=C(COc1ccc(Cl)c(F)c1)NC12CC(NC(=O)c3ccc[nH]3)(C1)C2. The van der Waals surface area contributed by atoms with Crippen molar-refractivity contribution in [1.29, 1.82) is 0 Å². The highest BCUT2D eigenvalue weighted by atomic mass is 35.5. The number of nitrogens with one attached hydrogen (secondary N) is 3. The maximum Gasteiger partial charge on any atom is 0.268 e. The van der Waals surface area contributed by atoms with E-state index in [1.165, 1.54) is 12.1 Å². The van der Waals surface area contributed by atoms with Gasteiger partial charge in [0, 0.05) is 23.3 Å². The molecule has 1 heterocycles. The molecule has 8 heteroatoms. The van der Waals surface area contributed by atoms with Gasteiger partial charge in [0.15, 0.2) is 6.61 Å². The third kappa shape index (κ3) is 3.03. The molecule has 3 aliphatic rings. The van der Waals surface area contributed by atoms with Crippen LogP contribution in [0.15, 0.2) is 36.5 Å². The van der Waals surface area contributed by atoms with Crippen LogP contribution in [0.4, 0.5) is 4.39 Å². The molecule has 1 aromatic heterocycles. The predicted molar refractivity (Wildman–Crippen MR) is 92.6 cm³/mol. The summed E-state index contributed by atoms with van der Waals surface area (Å²) in [5, 5.41) is 5.97. The molecule has 3 saturated carbocycles. The first kappa shape index (κ1) is 16.9. The molecule has 0 spiro atoms. The number of aromatic amines is 1. The number of amides is 2. The zero-order valence-electron chi connectivity index (χ0n) is 13.8. The minimum Gasteiger partial charge on any atom is -0.484 e. The van der Waals surface area contributed by atoms with E-state index in [0.717, 1.165) is 6.07 Å². The van der Waals surface area contributed by atoms with E-state index in [4.69, 9.17) is 16.3 Å². The molecule has 1 aromatic carbocycles. The van der Waals surface area contributed by atoms with Gasteiger partial charge in [-0.1, -0.05) is 11.6 Å². The van der Waals surface area contributed by atoms with Crippen molar-refractivity contribution in [2.45, 2.75) is 30.3 Å². The summed E-state index contributed by atoms with van der Waals surface area (Å²) in [4.78, 5) is 27.0. The lowest BCUT2D eigenvalue weighted by molar-refractivity contribution is -0.141. The maximum atomic E-state index is 13.3. The Morgan fingerprint density at radius 1 is 1.19 bits per heavy atom. The third-order valence-electron chi connectivity index (χ3n) is 4.92. The van der Waals surface area contributed by atoms with Crippen molar-refractivity contribution in [3.63, 3.8) is 0 Å². The van der Waals surface area contributed by atoms with Gasteiger partial charge < -0.3 is 20.4 Å². The van der Waals surface area contributed by atoms with E-state index in [9.17, 15) is 14.0 Å². The second kappa shape index (κ2) is 6.02. The van der Waals surface area contributed by atoms with Gasteiger partial charge in [0.25, 0.3) is 11.8 Å². The van der Waals surface area contributed by atoms with Crippen LogP contribution >= 0.6 is 11.6 Å². The highest BCUT2D eigenvalue weighted by Crippen LogP contribution is 2.60. The Morgan fingerprint density at radius 3 is 2.58 bits per heavy atom. The van der Waals surface area contributed by atoms with E-state index in [1.807, 2.05) is 0 Å². The van der Waals surface area contributed by atoms with Crippen molar-refractivity contribution in [3.05, 3.63) is 53.1 Å². The van der Waals surface area contributed by atoms with E-state index in [-0.39, 0.29) is 40.3 Å². The lowest BCUT2D eigenvalue weighted by Gasteiger charge is -2.70. The smallest absolute Gasteiger partial charge is 0.268 e. The summed E-state index contributed by atoms with van der Waals surface area (Å²) in [6.07, 6.45) is 3.81. The number of hydrogen-bond acceptors (Lipinski definition) is 3. The lowest BCUT2D eigenvalue weighted by Crippen LogP contribution is -2.84. The fraction of sp³-hybridized carbons (Fsp3) is 0.333. The Balaban J connectivity index is 1.23. The number of rotatable bonds is 6. The van der Waals surface area contributed by atoms with Crippen LogP contribution in [-0.4, -0.2) is 34.5 Å². The average Bonchev–Trinajstić information content (AvgIpc) is 3.07. The molecular weight excluding hydrogens is 361 g/mol. The Morgan fingerprint density at radius 2 is 1.92 bits per heavy atom. The highest BCUT2D eigenvalue weighted by molar-refractivity contribution is 6.30. The molecule has 0 atom stereocenters. The van der Waals surface area contributed by atoms with Crippen LogP contribution in [0.2, 0.25) is 5.02 Å². The molecule has 26 heavy (non-hydrogen) atoms. The Labute approximate surface area is 154 Å². The van der Waals surface area contributed by atoms with E-state index in [0.29, 0.717) is 25.0 Å². The minimum absolute atomic E-state index is 0.00219. The van der Waals surface area contributed by atoms with Gasteiger partial charge in [0.2, 0.25) is 0 Å². The average molecular weight is 378 g/mol. The number of hydrogen-bond donors (Lipinski definition) is 3. The van der Waals surface area contributed by atoms with Crippen molar-refractivity contribution in [1.82, 2.24) is 15.6 Å². The topological polar surface area (TPSA) is 83.2 Å². The maximum absolute atomic E-state index is 13.3. The summed E-state index contributed by atoms with van der Waals surface area (Å²) < 4.78 is 18.6. The molecule has 3 aliphatic carbocycles. The Bertz CT molecular complexity index is 849. The molecule has 2 amide bonds. The van der Waals surface area contributed by atoms with Crippen molar-refractivity contribution in [2.75, 3.05) is 6.61 Å². The van der Waals surface area contributed by atoms with Crippen molar-refractivity contribution >= 4 is 23.4 Å². The molecule has 0 radical (unpaired) electrons. The minimum atomic E-state index is -0.594. The molecule has 6 nitrogen and oxygen atoms in total. The predicted octanol–water partition coefficient (Wildman–Crippen LogP) is 2.41. The summed E-state index contributed by atoms with van der Waals surface area (Å²) in [5.41, 5.74) is 0.0288. The number of carbonyl (C=O) groups is 2. The Hall–Kier alpha value is -2.54. The summed E-state index contributed by atoms with van der Waals surface area (Å²) in [5.74, 6) is -0.759. The number of H-pyrrole nitrogens is 1. The van der Waals surface area contributed by atoms with Gasteiger partial charge in [-0.05, 0) is 43.5 Å². The van der Waals surface area contributed by atoms with Crippen molar-refractivity contribution in [2.24, 2.45) is 0 Å². The lowest BCUT2D eigenvalue weighted by atomic mass is 9.44. The summed E-state index contributed by atoms with van der Waals surface area (Å²) in [6.45, 7) is -0.204. The van der Waals surface area contributed by atoms with E-state index in [2.05, 4.69) is 15.6 Å². The van der Waals surface area contributed by atoms with Crippen LogP contribution in [0.25, 0.3) is 0 Å². The van der Waals surface area contributed by atoms with Gasteiger partial charge in [-0.2, -0.15) is 0 Å². The quantitative estimate of drug-likeness (QED) is 0.723. The van der Waals surface area contributed by atoms with Gasteiger partial charge in [0.05, 0.1) is 5.02 Å². The number of carbonyl (C=O) groups excluding carboxylic acids is 2. The zero-order valence-corrected chi connectivity index (χ0v) is 14.5. The molecule has 136 valence electrons. The van der Waals surface area contributed by atoms with Gasteiger partial charge >= 0.3 is 0 Å². The second-order valence-corrected chi connectivity index (χ2v) is 7.45. The summed E-state index contributed by atoms with van der Waals surface area (Å²) in [7, 11) is 0. The largest absolute Gasteiger partial charge is 0.484 e. The van der Waals surface area contributed by atoms with Crippen LogP contribution in [-0.2, 0) is 4.79 Å². The molecule has 2 bridgehead atoms. The fourth-order valence-electron chi connectivity index (χ4n) is 3.88. The number of benzene rings is 1. The summed E-state index contributed by atoms with van der Waals surface area (Å²) >= 11 is 5.60. The van der Waals surface area contributed by atoms with E-state index < -0.39 is 5.82 Å². The highest BCUT2D eigenvalue weighted by Gasteiger charge is 2.69. The van der Waals surface area contributed by atoms with Crippen molar-refractivity contribution < 1.29 is 18.7 Å². The second-order valence-electron chi connectivity index (χ2n) is 7.04. The normalized spacial score (nSPS) is 25.6. The van der Waals surface area contributed by atoms with Crippen LogP contribution < -0.4 is 15.4 Å². The van der Waals surface area contributed by atoms with Gasteiger partial charge in [0.1, 0.15) is 17.3 Å². The van der Waals surface area contributed by atoms with Crippen LogP contribution in [0.5, 0.6) is 5.75 Å². The van der Waals surface area contributed by atoms with Gasteiger partial charge in [-0.3, -0.25) is 9.59 Å². The number of ether oxygens (including phenoxy) is 1. The van der Waals surface area contributed by atoms with Crippen LogP contribution in [0, 0.1) is 5.82 Å². The molecule has 0 unspecified atom stereocenters. The first-order valence-electron chi connectivity index (χ1n) is 8.24. The zero-order chi connectivity index (χ0) is 18.4. The van der Waals surface area contributed by atoms with Gasteiger partial charge in [-0.25, -0.2) is 4.39 Å². The molecular formula is C18H17ClFN3O3. The van der Waals surface area contributed by atoms with E-state index >= 15 is 0 Å². The van der Waals surface area contributed by atoms with E-state index in [1.54, 1.807) is 18.3 Å². The molecule has 5 rings (SSSR count). The first-order chi connectivity index (χ1) is 12.4.